The van der Waals surface area contributed by atoms with Crippen LogP contribution in [0.3, 0.4) is 0 Å². The van der Waals surface area contributed by atoms with E-state index in [0.29, 0.717) is 13.0 Å². The summed E-state index contributed by atoms with van der Waals surface area (Å²) in [5, 5.41) is 0. The Morgan fingerprint density at radius 2 is 1.50 bits per heavy atom. The number of carbonyl (C=O) groups excluding carboxylic acids is 2. The summed E-state index contributed by atoms with van der Waals surface area (Å²) in [5.41, 5.74) is 0. The minimum Gasteiger partial charge on any atom is -0.465 e. The van der Waals surface area contributed by atoms with Crippen molar-refractivity contribution in [3.05, 3.63) is 0 Å². The number of carbonyl (C=O) groups is 2. The lowest BCUT2D eigenvalue weighted by molar-refractivity contribution is -0.149. The Kier molecular flexibility index (Phi) is 15.9. The molecular formula is C19H36O3. The van der Waals surface area contributed by atoms with Gasteiger partial charge in [0.05, 0.1) is 12.5 Å². The Balaban J connectivity index is 3.82. The van der Waals surface area contributed by atoms with E-state index in [0.717, 1.165) is 64.1 Å². The van der Waals surface area contributed by atoms with E-state index in [-0.39, 0.29) is 11.9 Å². The molecule has 0 saturated heterocycles. The van der Waals surface area contributed by atoms with Gasteiger partial charge in [-0.25, -0.2) is 0 Å². The normalized spacial score (nSPS) is 12.1. The van der Waals surface area contributed by atoms with Crippen LogP contribution in [0.5, 0.6) is 0 Å². The van der Waals surface area contributed by atoms with Crippen molar-refractivity contribution < 1.29 is 14.3 Å². The van der Waals surface area contributed by atoms with Gasteiger partial charge >= 0.3 is 5.97 Å². The molecule has 0 bridgehead atoms. The Morgan fingerprint density at radius 3 is 2.18 bits per heavy atom. The third kappa shape index (κ3) is 12.8. The number of esters is 1. The zero-order chi connectivity index (χ0) is 16.5. The van der Waals surface area contributed by atoms with E-state index in [4.69, 9.17) is 4.74 Å². The zero-order valence-electron chi connectivity index (χ0n) is 14.8. The van der Waals surface area contributed by atoms with Crippen LogP contribution in [-0.2, 0) is 14.3 Å². The molecule has 0 saturated carbocycles. The molecule has 3 nitrogen and oxygen atoms in total. The van der Waals surface area contributed by atoms with E-state index in [1.807, 2.05) is 0 Å². The van der Waals surface area contributed by atoms with Crippen LogP contribution >= 0.6 is 0 Å². The van der Waals surface area contributed by atoms with Crippen LogP contribution in [0.25, 0.3) is 0 Å². The molecule has 0 heterocycles. The van der Waals surface area contributed by atoms with E-state index in [1.165, 1.54) is 19.3 Å². The molecule has 0 N–H and O–H groups in total. The first-order valence-electron chi connectivity index (χ1n) is 9.36. The zero-order valence-corrected chi connectivity index (χ0v) is 14.8. The largest absolute Gasteiger partial charge is 0.465 e. The van der Waals surface area contributed by atoms with Crippen molar-refractivity contribution in [2.24, 2.45) is 5.92 Å². The maximum atomic E-state index is 12.2. The van der Waals surface area contributed by atoms with Crippen LogP contribution in [0.2, 0.25) is 0 Å². The molecule has 1 atom stereocenters. The fourth-order valence-electron chi connectivity index (χ4n) is 2.62. The summed E-state index contributed by atoms with van der Waals surface area (Å²) in [4.78, 5) is 22.4. The van der Waals surface area contributed by atoms with Gasteiger partial charge in [0.1, 0.15) is 6.29 Å². The quantitative estimate of drug-likeness (QED) is 0.216. The third-order valence-electron chi connectivity index (χ3n) is 4.11. The topological polar surface area (TPSA) is 43.4 Å². The Bertz CT molecular complexity index is 263. The number of unbranched alkanes of at least 4 members (excludes halogenated alkanes) is 8. The van der Waals surface area contributed by atoms with E-state index in [1.54, 1.807) is 0 Å². The fourth-order valence-corrected chi connectivity index (χ4v) is 2.62. The molecule has 0 fully saturated rings. The molecular weight excluding hydrogens is 276 g/mol. The Labute approximate surface area is 137 Å². The molecule has 0 spiro atoms. The molecule has 0 aliphatic carbocycles. The van der Waals surface area contributed by atoms with Gasteiger partial charge in [-0.1, -0.05) is 65.2 Å². The maximum Gasteiger partial charge on any atom is 0.308 e. The number of hydrogen-bond acceptors (Lipinski definition) is 3. The summed E-state index contributed by atoms with van der Waals surface area (Å²) in [6.45, 7) is 4.91. The van der Waals surface area contributed by atoms with Gasteiger partial charge in [-0.3, -0.25) is 4.79 Å². The highest BCUT2D eigenvalue weighted by Crippen LogP contribution is 2.19. The summed E-state index contributed by atoms with van der Waals surface area (Å²) in [6.07, 6.45) is 14.6. The second-order valence-corrected chi connectivity index (χ2v) is 6.23. The monoisotopic (exact) mass is 312 g/mol. The second-order valence-electron chi connectivity index (χ2n) is 6.23. The summed E-state index contributed by atoms with van der Waals surface area (Å²) in [5.74, 6) is 0.115. The van der Waals surface area contributed by atoms with Gasteiger partial charge in [0.15, 0.2) is 0 Å². The lowest BCUT2D eigenvalue weighted by Crippen LogP contribution is -2.18. The molecule has 0 amide bonds. The molecule has 0 radical (unpaired) electrons. The maximum absolute atomic E-state index is 12.2. The summed E-state index contributed by atoms with van der Waals surface area (Å²) < 4.78 is 5.46. The summed E-state index contributed by atoms with van der Waals surface area (Å²) in [7, 11) is 0. The third-order valence-corrected chi connectivity index (χ3v) is 4.11. The van der Waals surface area contributed by atoms with Crippen LogP contribution < -0.4 is 0 Å². The summed E-state index contributed by atoms with van der Waals surface area (Å²) in [6, 6.07) is 0. The van der Waals surface area contributed by atoms with Gasteiger partial charge in [0.2, 0.25) is 0 Å². The number of ether oxygens (including phenoxy) is 1. The lowest BCUT2D eigenvalue weighted by Gasteiger charge is -2.15. The number of rotatable bonds is 16. The van der Waals surface area contributed by atoms with Crippen molar-refractivity contribution >= 4 is 12.3 Å². The predicted molar refractivity (Wildman–Crippen MR) is 91.9 cm³/mol. The van der Waals surface area contributed by atoms with Gasteiger partial charge in [0.25, 0.3) is 0 Å². The number of aldehydes is 1. The first-order valence-corrected chi connectivity index (χ1v) is 9.36. The van der Waals surface area contributed by atoms with Gasteiger partial charge < -0.3 is 9.53 Å². The smallest absolute Gasteiger partial charge is 0.308 e. The van der Waals surface area contributed by atoms with Gasteiger partial charge in [-0.05, 0) is 25.7 Å². The molecule has 130 valence electrons. The number of hydrogen-bond donors (Lipinski definition) is 0. The highest BCUT2D eigenvalue weighted by atomic mass is 16.5. The van der Waals surface area contributed by atoms with Crippen molar-refractivity contribution in [3.63, 3.8) is 0 Å². The average molecular weight is 312 g/mol. The first kappa shape index (κ1) is 21.1. The van der Waals surface area contributed by atoms with E-state index in [2.05, 4.69) is 13.8 Å². The van der Waals surface area contributed by atoms with Crippen LogP contribution in [0.1, 0.15) is 97.3 Å². The average Bonchev–Trinajstić information content (AvgIpc) is 2.53. The molecule has 1 unspecified atom stereocenters. The van der Waals surface area contributed by atoms with Crippen molar-refractivity contribution in [3.8, 4) is 0 Å². The molecule has 0 aliphatic rings. The van der Waals surface area contributed by atoms with Crippen LogP contribution in [0, 0.1) is 5.92 Å². The molecule has 0 rings (SSSR count). The highest BCUT2D eigenvalue weighted by Gasteiger charge is 2.18. The van der Waals surface area contributed by atoms with Gasteiger partial charge in [-0.15, -0.1) is 0 Å². The van der Waals surface area contributed by atoms with Crippen LogP contribution in [0.15, 0.2) is 0 Å². The van der Waals surface area contributed by atoms with Crippen LogP contribution in [0.4, 0.5) is 0 Å². The first-order chi connectivity index (χ1) is 10.8. The van der Waals surface area contributed by atoms with E-state index >= 15 is 0 Å². The van der Waals surface area contributed by atoms with Crippen LogP contribution in [-0.4, -0.2) is 18.9 Å². The molecule has 0 aromatic rings. The molecule has 0 aliphatic heterocycles. The SMILES string of the molecule is CCCCCCC(CCCC)C(=O)OCCCCCCC=O. The minimum absolute atomic E-state index is 0.0119. The highest BCUT2D eigenvalue weighted by molar-refractivity contribution is 5.72. The summed E-state index contributed by atoms with van der Waals surface area (Å²) >= 11 is 0. The molecule has 3 heteroatoms. The molecule has 0 aromatic heterocycles. The Hall–Kier alpha value is -0.860. The minimum atomic E-state index is 0.0119. The van der Waals surface area contributed by atoms with Crippen molar-refractivity contribution in [1.29, 1.82) is 0 Å². The van der Waals surface area contributed by atoms with Crippen molar-refractivity contribution in [1.82, 2.24) is 0 Å². The molecule has 22 heavy (non-hydrogen) atoms. The molecule has 0 aromatic carbocycles. The predicted octanol–water partition coefficient (Wildman–Crippen LogP) is 5.46. The van der Waals surface area contributed by atoms with E-state index in [9.17, 15) is 9.59 Å². The Morgan fingerprint density at radius 1 is 0.864 bits per heavy atom. The van der Waals surface area contributed by atoms with Crippen molar-refractivity contribution in [2.45, 2.75) is 97.3 Å². The standard InChI is InChI=1S/C19H36O3/c1-3-5-7-11-15-18(14-6-4-2)19(21)22-17-13-10-8-9-12-16-20/h16,18H,3-15,17H2,1-2H3. The van der Waals surface area contributed by atoms with Gasteiger partial charge in [-0.2, -0.15) is 0 Å². The van der Waals surface area contributed by atoms with E-state index < -0.39 is 0 Å². The van der Waals surface area contributed by atoms with Gasteiger partial charge in [0, 0.05) is 6.42 Å². The lowest BCUT2D eigenvalue weighted by atomic mass is 9.95. The fraction of sp³-hybridized carbons (Fsp3) is 0.895. The second kappa shape index (κ2) is 16.5. The van der Waals surface area contributed by atoms with Crippen molar-refractivity contribution in [2.75, 3.05) is 6.61 Å².